The second kappa shape index (κ2) is 7.98. The number of carbonyl (C=O) groups is 1. The van der Waals surface area contributed by atoms with Crippen molar-refractivity contribution in [3.8, 4) is 0 Å². The van der Waals surface area contributed by atoms with Gasteiger partial charge in [0.05, 0.1) is 16.7 Å². The van der Waals surface area contributed by atoms with Crippen molar-refractivity contribution in [3.05, 3.63) is 68.7 Å². The first-order valence-electron chi connectivity index (χ1n) is 9.51. The molecule has 152 valence electrons. The standard InChI is InChI=1S/C21H25N5O3/c1-13-11-20-22-14(2)19(16(4)25(20)23-13)9-10-21(27)24(5)15(3)17-7-6-8-18(12-17)26(28)29/h6-8,11-12,15H,9-10H2,1-5H3. The van der Waals surface area contributed by atoms with Crippen molar-refractivity contribution < 1.29 is 9.72 Å². The Bertz CT molecular complexity index is 1090. The van der Waals surface area contributed by atoms with Crippen molar-refractivity contribution in [1.82, 2.24) is 19.5 Å². The molecule has 0 bridgehead atoms. The molecular formula is C21H25N5O3. The molecule has 0 N–H and O–H groups in total. The number of rotatable bonds is 6. The third-order valence-electron chi connectivity index (χ3n) is 5.41. The molecule has 29 heavy (non-hydrogen) atoms. The minimum absolute atomic E-state index is 0.0235. The van der Waals surface area contributed by atoms with Gasteiger partial charge < -0.3 is 4.90 Å². The maximum absolute atomic E-state index is 12.8. The van der Waals surface area contributed by atoms with Crippen LogP contribution in [0.2, 0.25) is 0 Å². The van der Waals surface area contributed by atoms with Gasteiger partial charge in [0.15, 0.2) is 5.65 Å². The molecule has 0 spiro atoms. The Hall–Kier alpha value is -3.29. The van der Waals surface area contributed by atoms with Crippen LogP contribution in [0, 0.1) is 30.9 Å². The average Bonchev–Trinajstić information content (AvgIpc) is 3.06. The molecular weight excluding hydrogens is 370 g/mol. The minimum atomic E-state index is -0.427. The van der Waals surface area contributed by atoms with Crippen molar-refractivity contribution in [3.63, 3.8) is 0 Å². The first-order chi connectivity index (χ1) is 13.7. The van der Waals surface area contributed by atoms with E-state index in [0.717, 1.165) is 33.9 Å². The summed E-state index contributed by atoms with van der Waals surface area (Å²) < 4.78 is 1.82. The molecule has 0 aliphatic heterocycles. The topological polar surface area (TPSA) is 93.6 Å². The molecule has 0 saturated carbocycles. The number of fused-ring (bicyclic) bond motifs is 1. The number of nitrogens with zero attached hydrogens (tertiary/aromatic N) is 5. The van der Waals surface area contributed by atoms with E-state index in [1.54, 1.807) is 24.1 Å². The number of carbonyl (C=O) groups excluding carboxylic acids is 1. The Kier molecular flexibility index (Phi) is 5.63. The SMILES string of the molecule is Cc1cc2nc(C)c(CCC(=O)N(C)C(C)c3cccc([N+](=O)[O-])c3)c(C)n2n1. The van der Waals surface area contributed by atoms with Gasteiger partial charge in [-0.15, -0.1) is 0 Å². The molecule has 1 atom stereocenters. The minimum Gasteiger partial charge on any atom is -0.339 e. The first kappa shape index (κ1) is 20.4. The number of hydrogen-bond acceptors (Lipinski definition) is 5. The number of hydrogen-bond donors (Lipinski definition) is 0. The first-order valence-corrected chi connectivity index (χ1v) is 9.51. The molecule has 1 aromatic carbocycles. The van der Waals surface area contributed by atoms with Crippen molar-refractivity contribution in [1.29, 1.82) is 0 Å². The van der Waals surface area contributed by atoms with Crippen LogP contribution < -0.4 is 0 Å². The van der Waals surface area contributed by atoms with Crippen LogP contribution in [0.25, 0.3) is 5.65 Å². The lowest BCUT2D eigenvalue weighted by atomic mass is 10.0. The zero-order valence-corrected chi connectivity index (χ0v) is 17.3. The summed E-state index contributed by atoms with van der Waals surface area (Å²) in [6.07, 6.45) is 0.884. The third kappa shape index (κ3) is 4.11. The summed E-state index contributed by atoms with van der Waals surface area (Å²) in [4.78, 5) is 29.6. The van der Waals surface area contributed by atoms with Crippen molar-refractivity contribution in [2.75, 3.05) is 7.05 Å². The number of nitro benzene ring substituents is 1. The average molecular weight is 395 g/mol. The monoisotopic (exact) mass is 395 g/mol. The Morgan fingerprint density at radius 2 is 2.00 bits per heavy atom. The second-order valence-corrected chi connectivity index (χ2v) is 7.35. The summed E-state index contributed by atoms with van der Waals surface area (Å²) in [5.74, 6) is -0.0282. The van der Waals surface area contributed by atoms with E-state index in [1.807, 2.05) is 38.3 Å². The lowest BCUT2D eigenvalue weighted by molar-refractivity contribution is -0.384. The van der Waals surface area contributed by atoms with Crippen LogP contribution >= 0.6 is 0 Å². The molecule has 0 radical (unpaired) electrons. The number of amides is 1. The smallest absolute Gasteiger partial charge is 0.269 e. The van der Waals surface area contributed by atoms with Gasteiger partial charge >= 0.3 is 0 Å². The predicted octanol–water partition coefficient (Wildman–Crippen LogP) is 3.71. The summed E-state index contributed by atoms with van der Waals surface area (Å²) in [5, 5.41) is 15.5. The van der Waals surface area contributed by atoms with Gasteiger partial charge in [-0.25, -0.2) is 9.50 Å². The molecule has 0 aliphatic rings. The van der Waals surface area contributed by atoms with E-state index in [9.17, 15) is 14.9 Å². The Morgan fingerprint density at radius 3 is 2.69 bits per heavy atom. The van der Waals surface area contributed by atoms with E-state index in [-0.39, 0.29) is 17.6 Å². The van der Waals surface area contributed by atoms with Crippen molar-refractivity contribution in [2.24, 2.45) is 0 Å². The van der Waals surface area contributed by atoms with Crippen molar-refractivity contribution in [2.45, 2.75) is 46.6 Å². The van der Waals surface area contributed by atoms with Crippen LogP contribution in [-0.2, 0) is 11.2 Å². The highest BCUT2D eigenvalue weighted by Gasteiger charge is 2.20. The van der Waals surface area contributed by atoms with E-state index in [2.05, 4.69) is 10.1 Å². The van der Waals surface area contributed by atoms with Crippen LogP contribution in [-0.4, -0.2) is 37.4 Å². The third-order valence-corrected chi connectivity index (χ3v) is 5.41. The fourth-order valence-corrected chi connectivity index (χ4v) is 3.55. The van der Waals surface area contributed by atoms with Crippen LogP contribution in [0.5, 0.6) is 0 Å². The van der Waals surface area contributed by atoms with Crippen LogP contribution in [0.4, 0.5) is 5.69 Å². The zero-order chi connectivity index (χ0) is 21.3. The maximum Gasteiger partial charge on any atom is 0.269 e. The van der Waals surface area contributed by atoms with E-state index in [4.69, 9.17) is 0 Å². The fourth-order valence-electron chi connectivity index (χ4n) is 3.55. The highest BCUT2D eigenvalue weighted by Crippen LogP contribution is 2.24. The largest absolute Gasteiger partial charge is 0.339 e. The lowest BCUT2D eigenvalue weighted by Gasteiger charge is -2.25. The number of aryl methyl sites for hydroxylation is 3. The summed E-state index contributed by atoms with van der Waals surface area (Å²) in [7, 11) is 1.73. The maximum atomic E-state index is 12.8. The van der Waals surface area contributed by atoms with Gasteiger partial charge in [0.25, 0.3) is 5.69 Å². The van der Waals surface area contributed by atoms with E-state index in [1.165, 1.54) is 12.1 Å². The molecule has 0 aliphatic carbocycles. The number of aromatic nitrogens is 3. The zero-order valence-electron chi connectivity index (χ0n) is 17.3. The Morgan fingerprint density at radius 1 is 1.28 bits per heavy atom. The quantitative estimate of drug-likeness (QED) is 0.468. The Balaban J connectivity index is 1.74. The van der Waals surface area contributed by atoms with Gasteiger partial charge in [-0.2, -0.15) is 5.10 Å². The van der Waals surface area contributed by atoms with Gasteiger partial charge in [0.1, 0.15) is 0 Å². The molecule has 3 aromatic rings. The molecule has 0 fully saturated rings. The van der Waals surface area contributed by atoms with E-state index in [0.29, 0.717) is 12.8 Å². The molecule has 3 rings (SSSR count). The summed E-state index contributed by atoms with van der Waals surface area (Å²) in [6.45, 7) is 7.73. The van der Waals surface area contributed by atoms with Gasteiger partial charge in [-0.1, -0.05) is 12.1 Å². The molecule has 1 unspecified atom stereocenters. The van der Waals surface area contributed by atoms with Gasteiger partial charge in [0, 0.05) is 43.1 Å². The van der Waals surface area contributed by atoms with Crippen LogP contribution in [0.15, 0.2) is 30.3 Å². The number of non-ortho nitro benzene ring substituents is 1. The van der Waals surface area contributed by atoms with Crippen LogP contribution in [0.1, 0.15) is 47.6 Å². The second-order valence-electron chi connectivity index (χ2n) is 7.35. The molecule has 8 nitrogen and oxygen atoms in total. The predicted molar refractivity (Wildman–Crippen MR) is 110 cm³/mol. The molecule has 2 aromatic heterocycles. The molecule has 8 heteroatoms. The van der Waals surface area contributed by atoms with Gasteiger partial charge in [-0.3, -0.25) is 14.9 Å². The van der Waals surface area contributed by atoms with Crippen LogP contribution in [0.3, 0.4) is 0 Å². The highest BCUT2D eigenvalue weighted by molar-refractivity contribution is 5.76. The number of nitro groups is 1. The molecule has 1 amide bonds. The van der Waals surface area contributed by atoms with Crippen molar-refractivity contribution >= 4 is 17.2 Å². The normalized spacial score (nSPS) is 12.2. The summed E-state index contributed by atoms with van der Waals surface area (Å²) >= 11 is 0. The number of benzene rings is 1. The summed E-state index contributed by atoms with van der Waals surface area (Å²) in [6, 6.07) is 8.07. The van der Waals surface area contributed by atoms with E-state index < -0.39 is 4.92 Å². The summed E-state index contributed by atoms with van der Waals surface area (Å²) in [5.41, 5.74) is 5.38. The van der Waals surface area contributed by atoms with Gasteiger partial charge in [0.2, 0.25) is 5.91 Å². The van der Waals surface area contributed by atoms with Gasteiger partial charge in [-0.05, 0) is 45.2 Å². The van der Waals surface area contributed by atoms with E-state index >= 15 is 0 Å². The lowest BCUT2D eigenvalue weighted by Crippen LogP contribution is -2.30. The highest BCUT2D eigenvalue weighted by atomic mass is 16.6. The molecule has 0 saturated heterocycles. The fraction of sp³-hybridized carbons (Fsp3) is 0.381. The molecule has 2 heterocycles. The Labute approximate surface area is 169 Å².